The molecule has 9 heteroatoms. The fourth-order valence-electron chi connectivity index (χ4n) is 2.03. The SMILES string of the molecule is CCc1nncn1CCNC(=NC)NCCN(C)C(=O)OC(C)(C)C. The number of rotatable bonds is 7. The maximum atomic E-state index is 11.9. The summed E-state index contributed by atoms with van der Waals surface area (Å²) in [6.07, 6.45) is 2.24. The van der Waals surface area contributed by atoms with Crippen molar-refractivity contribution in [2.75, 3.05) is 33.7 Å². The molecule has 142 valence electrons. The average molecular weight is 353 g/mol. The lowest BCUT2D eigenvalue weighted by atomic mass is 10.2. The number of ether oxygens (including phenoxy) is 1. The van der Waals surface area contributed by atoms with Gasteiger partial charge in [0.2, 0.25) is 0 Å². The van der Waals surface area contributed by atoms with Gasteiger partial charge in [-0.25, -0.2) is 4.79 Å². The Labute approximate surface area is 149 Å². The van der Waals surface area contributed by atoms with E-state index in [9.17, 15) is 4.79 Å². The van der Waals surface area contributed by atoms with Gasteiger partial charge in [-0.3, -0.25) is 4.99 Å². The molecule has 1 aromatic rings. The Bertz CT molecular complexity index is 563. The molecule has 0 spiro atoms. The number of aromatic nitrogens is 3. The summed E-state index contributed by atoms with van der Waals surface area (Å²) in [4.78, 5) is 17.6. The van der Waals surface area contributed by atoms with Gasteiger partial charge in [0, 0.05) is 46.7 Å². The van der Waals surface area contributed by atoms with Crippen LogP contribution in [0.2, 0.25) is 0 Å². The highest BCUT2D eigenvalue weighted by Gasteiger charge is 2.19. The number of nitrogens with one attached hydrogen (secondary N) is 2. The zero-order chi connectivity index (χ0) is 18.9. The molecule has 25 heavy (non-hydrogen) atoms. The van der Waals surface area contributed by atoms with Gasteiger partial charge in [-0.1, -0.05) is 6.92 Å². The predicted molar refractivity (Wildman–Crippen MR) is 97.6 cm³/mol. The van der Waals surface area contributed by atoms with Crippen LogP contribution in [0.25, 0.3) is 0 Å². The van der Waals surface area contributed by atoms with E-state index in [0.29, 0.717) is 25.6 Å². The van der Waals surface area contributed by atoms with E-state index in [1.165, 1.54) is 4.90 Å². The van der Waals surface area contributed by atoms with Crippen LogP contribution < -0.4 is 10.6 Å². The largest absolute Gasteiger partial charge is 0.444 e. The van der Waals surface area contributed by atoms with Crippen molar-refractivity contribution in [2.24, 2.45) is 4.99 Å². The number of nitrogens with zero attached hydrogens (tertiary/aromatic N) is 5. The summed E-state index contributed by atoms with van der Waals surface area (Å²) in [6, 6.07) is 0. The van der Waals surface area contributed by atoms with Crippen LogP contribution in [0.1, 0.15) is 33.5 Å². The molecular weight excluding hydrogens is 322 g/mol. The monoisotopic (exact) mass is 353 g/mol. The zero-order valence-electron chi connectivity index (χ0n) is 16.2. The molecular formula is C16H31N7O2. The third kappa shape index (κ3) is 7.86. The number of hydrogen-bond acceptors (Lipinski definition) is 5. The molecule has 0 aliphatic carbocycles. The van der Waals surface area contributed by atoms with E-state index in [2.05, 4.69) is 32.7 Å². The number of aliphatic imine (C=N–C) groups is 1. The molecule has 1 aromatic heterocycles. The number of hydrogen-bond donors (Lipinski definition) is 2. The Morgan fingerprint density at radius 1 is 1.36 bits per heavy atom. The second-order valence-electron chi connectivity index (χ2n) is 6.62. The summed E-state index contributed by atoms with van der Waals surface area (Å²) in [7, 11) is 3.42. The third-order valence-corrected chi connectivity index (χ3v) is 3.33. The van der Waals surface area contributed by atoms with Gasteiger partial charge in [0.1, 0.15) is 17.8 Å². The van der Waals surface area contributed by atoms with E-state index in [4.69, 9.17) is 4.74 Å². The van der Waals surface area contributed by atoms with Gasteiger partial charge >= 0.3 is 6.09 Å². The van der Waals surface area contributed by atoms with E-state index in [1.54, 1.807) is 20.4 Å². The first kappa shape index (κ1) is 20.7. The molecule has 0 unspecified atom stereocenters. The molecule has 0 bridgehead atoms. The molecule has 0 aliphatic heterocycles. The van der Waals surface area contributed by atoms with Crippen LogP contribution in [0.4, 0.5) is 4.79 Å². The van der Waals surface area contributed by atoms with Crippen LogP contribution in [-0.2, 0) is 17.7 Å². The van der Waals surface area contributed by atoms with Gasteiger partial charge in [0.05, 0.1) is 0 Å². The Morgan fingerprint density at radius 3 is 2.64 bits per heavy atom. The minimum atomic E-state index is -0.490. The van der Waals surface area contributed by atoms with Gasteiger partial charge in [0.25, 0.3) is 0 Å². The lowest BCUT2D eigenvalue weighted by Gasteiger charge is -2.24. The summed E-state index contributed by atoms with van der Waals surface area (Å²) >= 11 is 0. The minimum absolute atomic E-state index is 0.336. The second kappa shape index (κ2) is 9.85. The van der Waals surface area contributed by atoms with Crippen LogP contribution in [0, 0.1) is 0 Å². The number of likely N-dealkylation sites (N-methyl/N-ethyl adjacent to an activating group) is 1. The molecule has 0 atom stereocenters. The number of aryl methyl sites for hydroxylation is 1. The first-order valence-corrected chi connectivity index (χ1v) is 8.52. The molecule has 0 fully saturated rings. The van der Waals surface area contributed by atoms with Crippen molar-refractivity contribution in [3.8, 4) is 0 Å². The highest BCUT2D eigenvalue weighted by molar-refractivity contribution is 5.79. The Hall–Kier alpha value is -2.32. The summed E-state index contributed by atoms with van der Waals surface area (Å²) in [6.45, 7) is 10.1. The molecule has 0 aromatic carbocycles. The first-order valence-electron chi connectivity index (χ1n) is 8.52. The molecule has 1 rings (SSSR count). The highest BCUT2D eigenvalue weighted by Crippen LogP contribution is 2.08. The van der Waals surface area contributed by atoms with Crippen LogP contribution in [0.5, 0.6) is 0 Å². The van der Waals surface area contributed by atoms with E-state index in [1.807, 2.05) is 25.3 Å². The molecule has 0 saturated heterocycles. The van der Waals surface area contributed by atoms with Crippen LogP contribution in [-0.4, -0.2) is 71.0 Å². The molecule has 0 saturated carbocycles. The lowest BCUT2D eigenvalue weighted by molar-refractivity contribution is 0.0302. The fourth-order valence-corrected chi connectivity index (χ4v) is 2.03. The van der Waals surface area contributed by atoms with E-state index >= 15 is 0 Å². The van der Waals surface area contributed by atoms with Gasteiger partial charge in [0.15, 0.2) is 5.96 Å². The smallest absolute Gasteiger partial charge is 0.410 e. The van der Waals surface area contributed by atoms with Crippen LogP contribution in [0.15, 0.2) is 11.3 Å². The minimum Gasteiger partial charge on any atom is -0.444 e. The molecule has 1 amide bonds. The van der Waals surface area contributed by atoms with Crippen molar-refractivity contribution in [1.82, 2.24) is 30.3 Å². The van der Waals surface area contributed by atoms with E-state index < -0.39 is 5.60 Å². The Morgan fingerprint density at radius 2 is 2.04 bits per heavy atom. The van der Waals surface area contributed by atoms with Crippen molar-refractivity contribution in [3.63, 3.8) is 0 Å². The molecule has 0 radical (unpaired) electrons. The normalized spacial score (nSPS) is 12.0. The number of carbonyl (C=O) groups excluding carboxylic acids is 1. The maximum Gasteiger partial charge on any atom is 0.410 e. The van der Waals surface area contributed by atoms with E-state index in [-0.39, 0.29) is 6.09 Å². The first-order chi connectivity index (χ1) is 11.8. The molecule has 9 nitrogen and oxygen atoms in total. The standard InChI is InChI=1S/C16H31N7O2/c1-7-13-21-20-12-23(13)11-9-19-14(17-5)18-8-10-22(6)15(24)25-16(2,3)4/h12H,7-11H2,1-6H3,(H2,17,18,19). The average Bonchev–Trinajstić information content (AvgIpc) is 2.99. The topological polar surface area (TPSA) is 96.7 Å². The summed E-state index contributed by atoms with van der Waals surface area (Å²) < 4.78 is 7.32. The van der Waals surface area contributed by atoms with Crippen molar-refractivity contribution in [1.29, 1.82) is 0 Å². The lowest BCUT2D eigenvalue weighted by Crippen LogP contribution is -2.43. The quantitative estimate of drug-likeness (QED) is 0.558. The maximum absolute atomic E-state index is 11.9. The number of guanidine groups is 1. The Kier molecular flexibility index (Phi) is 8.17. The van der Waals surface area contributed by atoms with Gasteiger partial charge in [-0.15, -0.1) is 10.2 Å². The summed E-state index contributed by atoms with van der Waals surface area (Å²) in [5.74, 6) is 1.65. The van der Waals surface area contributed by atoms with Gasteiger partial charge in [-0.05, 0) is 20.8 Å². The van der Waals surface area contributed by atoms with E-state index in [0.717, 1.165) is 18.8 Å². The van der Waals surface area contributed by atoms with Crippen LogP contribution in [0.3, 0.4) is 0 Å². The number of amides is 1. The predicted octanol–water partition coefficient (Wildman–Crippen LogP) is 0.872. The van der Waals surface area contributed by atoms with Crippen molar-refractivity contribution < 1.29 is 9.53 Å². The van der Waals surface area contributed by atoms with Crippen molar-refractivity contribution in [2.45, 2.75) is 46.3 Å². The van der Waals surface area contributed by atoms with Gasteiger partial charge in [-0.2, -0.15) is 0 Å². The zero-order valence-corrected chi connectivity index (χ0v) is 16.2. The van der Waals surface area contributed by atoms with Crippen molar-refractivity contribution >= 4 is 12.1 Å². The van der Waals surface area contributed by atoms with Crippen LogP contribution >= 0.6 is 0 Å². The van der Waals surface area contributed by atoms with Crippen molar-refractivity contribution in [3.05, 3.63) is 12.2 Å². The molecule has 0 aliphatic rings. The van der Waals surface area contributed by atoms with Gasteiger partial charge < -0.3 is 24.8 Å². The molecule has 2 N–H and O–H groups in total. The third-order valence-electron chi connectivity index (χ3n) is 3.33. The second-order valence-corrected chi connectivity index (χ2v) is 6.62. The Balaban J connectivity index is 2.29. The molecule has 1 heterocycles. The summed E-state index contributed by atoms with van der Waals surface area (Å²) in [5, 5.41) is 14.4. The summed E-state index contributed by atoms with van der Waals surface area (Å²) in [5.41, 5.74) is -0.490. The number of carbonyl (C=O) groups is 1. The fraction of sp³-hybridized carbons (Fsp3) is 0.750. The highest BCUT2D eigenvalue weighted by atomic mass is 16.6.